The van der Waals surface area contributed by atoms with E-state index in [4.69, 9.17) is 17.3 Å². The molecule has 188 valence electrons. The van der Waals surface area contributed by atoms with Crippen LogP contribution >= 0.6 is 11.6 Å². The van der Waals surface area contributed by atoms with Crippen LogP contribution in [0.5, 0.6) is 0 Å². The van der Waals surface area contributed by atoms with Gasteiger partial charge < -0.3 is 21.3 Å². The van der Waals surface area contributed by atoms with Gasteiger partial charge in [-0.1, -0.05) is 0 Å². The van der Waals surface area contributed by atoms with E-state index >= 15 is 0 Å². The van der Waals surface area contributed by atoms with Gasteiger partial charge in [-0.25, -0.2) is 9.97 Å². The van der Waals surface area contributed by atoms with Crippen molar-refractivity contribution in [2.24, 2.45) is 11.3 Å². The highest BCUT2D eigenvalue weighted by atomic mass is 35.5. The van der Waals surface area contributed by atoms with Crippen molar-refractivity contribution >= 4 is 29.0 Å². The number of alkyl halides is 3. The number of hydrogen-bond donors (Lipinski definition) is 3. The number of halogens is 4. The average molecular weight is 509 g/mol. The second kappa shape index (κ2) is 8.81. The van der Waals surface area contributed by atoms with E-state index < -0.39 is 17.8 Å². The van der Waals surface area contributed by atoms with Gasteiger partial charge in [0.05, 0.1) is 30.4 Å². The first-order chi connectivity index (χ1) is 16.5. The molecular weight excluding hydrogens is 481 g/mol. The first kappa shape index (κ1) is 24.1. The summed E-state index contributed by atoms with van der Waals surface area (Å²) < 4.78 is 39.8. The van der Waals surface area contributed by atoms with Crippen molar-refractivity contribution in [2.75, 3.05) is 24.1 Å². The summed E-state index contributed by atoms with van der Waals surface area (Å²) in [6, 6.07) is 2.94. The van der Waals surface area contributed by atoms with Crippen LogP contribution < -0.4 is 16.4 Å². The molecular formula is C24H28ClF3N6O. The topological polar surface area (TPSA) is 96.2 Å². The van der Waals surface area contributed by atoms with Gasteiger partial charge in [-0.15, -0.1) is 0 Å². The minimum Gasteiger partial charge on any atom is -0.399 e. The Bertz CT molecular complexity index is 1140. The monoisotopic (exact) mass is 508 g/mol. The Labute approximate surface area is 206 Å². The van der Waals surface area contributed by atoms with Crippen molar-refractivity contribution in [1.29, 1.82) is 0 Å². The SMILES string of the molecule is C[C@@H](Nc1nc(Cl)nc2c1CN(C(=O)C1CC3(CCNCC3)C1)C2)c1cc(N)cc(C(F)(F)F)c1. The van der Waals surface area contributed by atoms with Crippen molar-refractivity contribution in [3.63, 3.8) is 0 Å². The maximum atomic E-state index is 13.3. The molecule has 4 N–H and O–H groups in total. The van der Waals surface area contributed by atoms with E-state index in [0.29, 0.717) is 35.6 Å². The molecule has 1 aromatic heterocycles. The van der Waals surface area contributed by atoms with Gasteiger partial charge in [0.1, 0.15) is 5.82 Å². The van der Waals surface area contributed by atoms with Crippen LogP contribution in [0.1, 0.15) is 61.0 Å². The molecule has 1 atom stereocenters. The van der Waals surface area contributed by atoms with Gasteiger partial charge in [0.2, 0.25) is 11.2 Å². The number of piperidine rings is 1. The van der Waals surface area contributed by atoms with Crippen LogP contribution in [-0.2, 0) is 24.1 Å². The number of carbonyl (C=O) groups excluding carboxylic acids is 1. The quantitative estimate of drug-likeness (QED) is 0.415. The van der Waals surface area contributed by atoms with Gasteiger partial charge in [-0.3, -0.25) is 4.79 Å². The van der Waals surface area contributed by atoms with Gasteiger partial charge in [0, 0.05) is 17.2 Å². The maximum absolute atomic E-state index is 13.3. The first-order valence-corrected chi connectivity index (χ1v) is 12.2. The standard InChI is InChI=1S/C24H28ClF3N6O/c1-13(14-6-16(24(26,27)28)8-17(29)7-14)31-20-18-11-34(12-19(18)32-22(25)33-20)21(35)15-9-23(10-15)2-4-30-5-3-23/h6-8,13,15,30H,2-5,9-12,29H2,1H3,(H,31,32,33)/t13-/m1/s1. The predicted molar refractivity (Wildman–Crippen MR) is 126 cm³/mol. The van der Waals surface area contributed by atoms with Crippen LogP contribution in [0.15, 0.2) is 18.2 Å². The van der Waals surface area contributed by atoms with E-state index in [0.717, 1.165) is 56.5 Å². The molecule has 2 aromatic rings. The Morgan fingerprint density at radius 1 is 1.23 bits per heavy atom. The summed E-state index contributed by atoms with van der Waals surface area (Å²) >= 11 is 6.15. The highest BCUT2D eigenvalue weighted by Gasteiger charge is 2.49. The van der Waals surface area contributed by atoms with Crippen molar-refractivity contribution in [2.45, 2.75) is 57.9 Å². The number of rotatable bonds is 4. The lowest BCUT2D eigenvalue weighted by molar-refractivity contribution is -0.145. The van der Waals surface area contributed by atoms with Crippen LogP contribution in [0, 0.1) is 11.3 Å². The molecule has 5 rings (SSSR count). The molecule has 0 radical (unpaired) electrons. The molecule has 3 aliphatic rings. The molecule has 3 heterocycles. The summed E-state index contributed by atoms with van der Waals surface area (Å²) in [5.41, 5.74) is 7.02. The van der Waals surface area contributed by atoms with Gasteiger partial charge in [0.15, 0.2) is 0 Å². The number of nitrogens with one attached hydrogen (secondary N) is 2. The zero-order chi connectivity index (χ0) is 25.0. The number of hydrogen-bond acceptors (Lipinski definition) is 6. The summed E-state index contributed by atoms with van der Waals surface area (Å²) in [5.74, 6) is 0.560. The molecule has 1 spiro atoms. The lowest BCUT2D eigenvalue weighted by Gasteiger charge is -2.50. The summed E-state index contributed by atoms with van der Waals surface area (Å²) in [5, 5.41) is 6.57. The van der Waals surface area contributed by atoms with Crippen LogP contribution in [0.25, 0.3) is 0 Å². The zero-order valence-corrected chi connectivity index (χ0v) is 20.1. The molecule has 1 amide bonds. The lowest BCUT2D eigenvalue weighted by Crippen LogP contribution is -2.50. The Morgan fingerprint density at radius 2 is 1.94 bits per heavy atom. The third-order valence-corrected chi connectivity index (χ3v) is 7.77. The van der Waals surface area contributed by atoms with Crippen molar-refractivity contribution < 1.29 is 18.0 Å². The number of nitrogens with zero attached hydrogens (tertiary/aromatic N) is 3. The van der Waals surface area contributed by atoms with E-state index in [9.17, 15) is 18.0 Å². The number of anilines is 2. The van der Waals surface area contributed by atoms with E-state index in [1.807, 2.05) is 0 Å². The molecule has 35 heavy (non-hydrogen) atoms. The third-order valence-electron chi connectivity index (χ3n) is 7.60. The Kier molecular flexibility index (Phi) is 6.07. The first-order valence-electron chi connectivity index (χ1n) is 11.8. The van der Waals surface area contributed by atoms with E-state index in [2.05, 4.69) is 20.6 Å². The fraction of sp³-hybridized carbons (Fsp3) is 0.542. The minimum atomic E-state index is -4.50. The summed E-state index contributed by atoms with van der Waals surface area (Å²) in [6.07, 6.45) is -0.426. The second-order valence-corrected chi connectivity index (χ2v) is 10.4. The highest BCUT2D eigenvalue weighted by Crippen LogP contribution is 2.52. The summed E-state index contributed by atoms with van der Waals surface area (Å²) in [7, 11) is 0. The Balaban J connectivity index is 1.31. The fourth-order valence-electron chi connectivity index (χ4n) is 5.66. The molecule has 0 unspecified atom stereocenters. The normalized spacial score (nSPS) is 20.4. The van der Waals surface area contributed by atoms with E-state index in [1.54, 1.807) is 11.8 Å². The van der Waals surface area contributed by atoms with Crippen molar-refractivity contribution in [3.05, 3.63) is 45.9 Å². The van der Waals surface area contributed by atoms with Crippen LogP contribution in [0.4, 0.5) is 24.7 Å². The van der Waals surface area contributed by atoms with Crippen LogP contribution in [0.3, 0.4) is 0 Å². The van der Waals surface area contributed by atoms with Crippen LogP contribution in [0.2, 0.25) is 5.28 Å². The number of nitrogen functional groups attached to an aromatic ring is 1. The smallest absolute Gasteiger partial charge is 0.399 e. The van der Waals surface area contributed by atoms with Crippen molar-refractivity contribution in [3.8, 4) is 0 Å². The number of nitrogens with two attached hydrogens (primary N) is 1. The molecule has 1 aliphatic carbocycles. The summed E-state index contributed by atoms with van der Waals surface area (Å²) in [6.45, 7) is 4.43. The number of aromatic nitrogens is 2. The number of amides is 1. The molecule has 1 saturated carbocycles. The van der Waals surface area contributed by atoms with Gasteiger partial charge in [0.25, 0.3) is 0 Å². The predicted octanol–water partition coefficient (Wildman–Crippen LogP) is 4.53. The van der Waals surface area contributed by atoms with Gasteiger partial charge in [-0.05, 0) is 86.5 Å². The van der Waals surface area contributed by atoms with Gasteiger partial charge in [-0.2, -0.15) is 13.2 Å². The largest absolute Gasteiger partial charge is 0.416 e. The molecule has 2 fully saturated rings. The lowest BCUT2D eigenvalue weighted by atomic mass is 9.57. The van der Waals surface area contributed by atoms with E-state index in [1.165, 1.54) is 6.07 Å². The Hall–Kier alpha value is -2.59. The van der Waals surface area contributed by atoms with Crippen LogP contribution in [-0.4, -0.2) is 33.9 Å². The fourth-order valence-corrected chi connectivity index (χ4v) is 5.85. The third kappa shape index (κ3) is 4.78. The molecule has 2 aliphatic heterocycles. The molecule has 7 nitrogen and oxygen atoms in total. The number of carbonyl (C=O) groups is 1. The molecule has 1 aromatic carbocycles. The van der Waals surface area contributed by atoms with E-state index in [-0.39, 0.29) is 22.8 Å². The van der Waals surface area contributed by atoms with Gasteiger partial charge >= 0.3 is 6.18 Å². The maximum Gasteiger partial charge on any atom is 0.416 e. The molecule has 1 saturated heterocycles. The molecule has 0 bridgehead atoms. The molecule has 11 heteroatoms. The number of benzene rings is 1. The summed E-state index contributed by atoms with van der Waals surface area (Å²) in [4.78, 5) is 23.6. The number of fused-ring (bicyclic) bond motifs is 1. The zero-order valence-electron chi connectivity index (χ0n) is 19.4. The Morgan fingerprint density at radius 3 is 2.63 bits per heavy atom. The average Bonchev–Trinajstić information content (AvgIpc) is 3.20. The second-order valence-electron chi connectivity index (χ2n) is 10.1. The minimum absolute atomic E-state index is 0.0219. The highest BCUT2D eigenvalue weighted by molar-refractivity contribution is 6.28. The van der Waals surface area contributed by atoms with Crippen molar-refractivity contribution in [1.82, 2.24) is 20.2 Å².